The number of aliphatic carboxylic acids is 1. The Kier molecular flexibility index (Phi) is 5.22. The average molecular weight is 230 g/mol. The van der Waals surface area contributed by atoms with E-state index in [0.717, 1.165) is 25.7 Å². The van der Waals surface area contributed by atoms with Gasteiger partial charge in [-0.2, -0.15) is 0 Å². The molecule has 0 radical (unpaired) electrons. The molecule has 0 amide bonds. The van der Waals surface area contributed by atoms with Crippen molar-refractivity contribution in [1.82, 2.24) is 0 Å². The molecular weight excluding hydrogens is 208 g/mol. The standard InChI is InChI=1S/C12H22O4/c1-3-15-12(16-4-2)8-6-5-7-10(12)9-11(13)14/h10H,3-9H2,1-2H3,(H,13,14). The first-order chi connectivity index (χ1) is 7.64. The number of carboxylic acids is 1. The summed E-state index contributed by atoms with van der Waals surface area (Å²) in [5, 5.41) is 8.92. The van der Waals surface area contributed by atoms with Crippen molar-refractivity contribution in [2.45, 2.75) is 51.7 Å². The second-order valence-corrected chi connectivity index (χ2v) is 4.22. The van der Waals surface area contributed by atoms with Gasteiger partial charge in [-0.1, -0.05) is 6.42 Å². The van der Waals surface area contributed by atoms with E-state index in [2.05, 4.69) is 0 Å². The summed E-state index contributed by atoms with van der Waals surface area (Å²) in [6, 6.07) is 0. The molecule has 0 bridgehead atoms. The van der Waals surface area contributed by atoms with E-state index in [1.807, 2.05) is 13.8 Å². The zero-order chi connectivity index (χ0) is 12.0. The zero-order valence-corrected chi connectivity index (χ0v) is 10.2. The highest BCUT2D eigenvalue weighted by molar-refractivity contribution is 5.67. The van der Waals surface area contributed by atoms with E-state index in [0.29, 0.717) is 13.2 Å². The minimum absolute atomic E-state index is 0.0151. The number of carboxylic acid groups (broad SMARTS) is 1. The zero-order valence-electron chi connectivity index (χ0n) is 10.2. The largest absolute Gasteiger partial charge is 0.481 e. The van der Waals surface area contributed by atoms with Crippen LogP contribution in [0.25, 0.3) is 0 Å². The fourth-order valence-corrected chi connectivity index (χ4v) is 2.56. The molecule has 1 unspecified atom stereocenters. The molecule has 1 atom stereocenters. The maximum Gasteiger partial charge on any atom is 0.303 e. The molecule has 0 aliphatic heterocycles. The first-order valence-electron chi connectivity index (χ1n) is 6.14. The van der Waals surface area contributed by atoms with Crippen LogP contribution in [0, 0.1) is 5.92 Å². The summed E-state index contributed by atoms with van der Waals surface area (Å²) in [4.78, 5) is 10.9. The average Bonchev–Trinajstić information content (AvgIpc) is 2.22. The lowest BCUT2D eigenvalue weighted by molar-refractivity contribution is -0.277. The number of rotatable bonds is 6. The van der Waals surface area contributed by atoms with Gasteiger partial charge in [0.05, 0.1) is 6.42 Å². The highest BCUT2D eigenvalue weighted by atomic mass is 16.7. The van der Waals surface area contributed by atoms with Crippen molar-refractivity contribution in [3.8, 4) is 0 Å². The maximum atomic E-state index is 10.9. The van der Waals surface area contributed by atoms with E-state index in [1.54, 1.807) is 0 Å². The van der Waals surface area contributed by atoms with Crippen LogP contribution in [0.4, 0.5) is 0 Å². The summed E-state index contributed by atoms with van der Waals surface area (Å²) in [7, 11) is 0. The summed E-state index contributed by atoms with van der Waals surface area (Å²) in [5.41, 5.74) is 0. The van der Waals surface area contributed by atoms with Gasteiger partial charge in [0.25, 0.3) is 0 Å². The molecule has 1 N–H and O–H groups in total. The van der Waals surface area contributed by atoms with Gasteiger partial charge in [-0.05, 0) is 26.7 Å². The van der Waals surface area contributed by atoms with Gasteiger partial charge in [0.15, 0.2) is 5.79 Å². The minimum Gasteiger partial charge on any atom is -0.481 e. The topological polar surface area (TPSA) is 55.8 Å². The van der Waals surface area contributed by atoms with Crippen LogP contribution in [0.5, 0.6) is 0 Å². The SMILES string of the molecule is CCOC1(OCC)CCCCC1CC(=O)O. The molecule has 0 saturated heterocycles. The van der Waals surface area contributed by atoms with Crippen molar-refractivity contribution in [3.63, 3.8) is 0 Å². The van der Waals surface area contributed by atoms with Crippen LogP contribution in [-0.4, -0.2) is 30.1 Å². The van der Waals surface area contributed by atoms with Crippen molar-refractivity contribution in [1.29, 1.82) is 0 Å². The number of carbonyl (C=O) groups is 1. The summed E-state index contributed by atoms with van der Waals surface area (Å²) in [5.74, 6) is -1.44. The molecule has 1 aliphatic rings. The van der Waals surface area contributed by atoms with Gasteiger partial charge in [0.1, 0.15) is 0 Å². The second kappa shape index (κ2) is 6.21. The van der Waals surface area contributed by atoms with Crippen molar-refractivity contribution in [2.75, 3.05) is 13.2 Å². The van der Waals surface area contributed by atoms with Crippen LogP contribution in [0.3, 0.4) is 0 Å². The van der Waals surface area contributed by atoms with E-state index < -0.39 is 11.8 Å². The molecule has 0 spiro atoms. The molecule has 94 valence electrons. The van der Waals surface area contributed by atoms with Crippen LogP contribution in [0.1, 0.15) is 46.0 Å². The first kappa shape index (κ1) is 13.5. The molecule has 16 heavy (non-hydrogen) atoms. The van der Waals surface area contributed by atoms with Gasteiger partial charge in [0, 0.05) is 25.6 Å². The summed E-state index contributed by atoms with van der Waals surface area (Å²) >= 11 is 0. The van der Waals surface area contributed by atoms with Crippen molar-refractivity contribution in [3.05, 3.63) is 0 Å². The van der Waals surface area contributed by atoms with E-state index in [1.165, 1.54) is 0 Å². The van der Waals surface area contributed by atoms with Gasteiger partial charge >= 0.3 is 5.97 Å². The Morgan fingerprint density at radius 1 is 1.31 bits per heavy atom. The van der Waals surface area contributed by atoms with Gasteiger partial charge in [-0.15, -0.1) is 0 Å². The molecule has 1 aliphatic carbocycles. The van der Waals surface area contributed by atoms with Crippen LogP contribution < -0.4 is 0 Å². The third kappa shape index (κ3) is 3.19. The van der Waals surface area contributed by atoms with E-state index >= 15 is 0 Å². The van der Waals surface area contributed by atoms with E-state index in [4.69, 9.17) is 14.6 Å². The summed E-state index contributed by atoms with van der Waals surface area (Å²) < 4.78 is 11.5. The van der Waals surface area contributed by atoms with Crippen LogP contribution in [0.2, 0.25) is 0 Å². The Labute approximate surface area is 96.9 Å². The number of hydrogen-bond acceptors (Lipinski definition) is 3. The Hall–Kier alpha value is -0.610. The molecule has 4 heteroatoms. The minimum atomic E-state index is -0.768. The predicted octanol–water partition coefficient (Wildman–Crippen LogP) is 2.42. The second-order valence-electron chi connectivity index (χ2n) is 4.22. The van der Waals surface area contributed by atoms with Crippen LogP contribution in [-0.2, 0) is 14.3 Å². The fraction of sp³-hybridized carbons (Fsp3) is 0.917. The van der Waals surface area contributed by atoms with Crippen molar-refractivity contribution in [2.24, 2.45) is 5.92 Å². The highest BCUT2D eigenvalue weighted by Gasteiger charge is 2.43. The lowest BCUT2D eigenvalue weighted by Crippen LogP contribution is -2.46. The van der Waals surface area contributed by atoms with Crippen LogP contribution in [0.15, 0.2) is 0 Å². The third-order valence-corrected chi connectivity index (χ3v) is 3.15. The molecular formula is C12H22O4. The monoisotopic (exact) mass is 230 g/mol. The van der Waals surface area contributed by atoms with Gasteiger partial charge in [-0.25, -0.2) is 0 Å². The highest BCUT2D eigenvalue weighted by Crippen LogP contribution is 2.39. The first-order valence-corrected chi connectivity index (χ1v) is 6.14. The molecule has 0 aromatic rings. The molecule has 4 nitrogen and oxygen atoms in total. The fourth-order valence-electron chi connectivity index (χ4n) is 2.56. The normalized spacial score (nSPS) is 24.2. The predicted molar refractivity (Wildman–Crippen MR) is 60.2 cm³/mol. The molecule has 1 saturated carbocycles. The lowest BCUT2D eigenvalue weighted by Gasteiger charge is -2.42. The number of hydrogen-bond donors (Lipinski definition) is 1. The van der Waals surface area contributed by atoms with E-state index in [-0.39, 0.29) is 12.3 Å². The maximum absolute atomic E-state index is 10.9. The van der Waals surface area contributed by atoms with Crippen molar-refractivity contribution >= 4 is 5.97 Å². The summed E-state index contributed by atoms with van der Waals surface area (Å²) in [6.45, 7) is 4.98. The third-order valence-electron chi connectivity index (χ3n) is 3.15. The number of ether oxygens (including phenoxy) is 2. The van der Waals surface area contributed by atoms with Gasteiger partial charge < -0.3 is 14.6 Å². The molecule has 0 heterocycles. The van der Waals surface area contributed by atoms with Gasteiger partial charge in [-0.3, -0.25) is 4.79 Å². The van der Waals surface area contributed by atoms with Gasteiger partial charge in [0.2, 0.25) is 0 Å². The molecule has 1 rings (SSSR count). The van der Waals surface area contributed by atoms with Crippen LogP contribution >= 0.6 is 0 Å². The quantitative estimate of drug-likeness (QED) is 0.712. The Morgan fingerprint density at radius 3 is 2.44 bits per heavy atom. The summed E-state index contributed by atoms with van der Waals surface area (Å²) in [6.07, 6.45) is 3.95. The smallest absolute Gasteiger partial charge is 0.303 e. The molecule has 1 fully saturated rings. The van der Waals surface area contributed by atoms with E-state index in [9.17, 15) is 4.79 Å². The lowest BCUT2D eigenvalue weighted by atomic mass is 9.81. The molecule has 0 aromatic heterocycles. The Morgan fingerprint density at radius 2 is 1.94 bits per heavy atom. The Bertz CT molecular complexity index is 216. The Balaban J connectivity index is 2.76. The molecule has 0 aromatic carbocycles. The van der Waals surface area contributed by atoms with Crippen molar-refractivity contribution < 1.29 is 19.4 Å².